The van der Waals surface area contributed by atoms with E-state index < -0.39 is 12.1 Å². The summed E-state index contributed by atoms with van der Waals surface area (Å²) in [7, 11) is 0. The Kier molecular flexibility index (Phi) is 63.8. The molecule has 0 aliphatic rings. The highest BCUT2D eigenvalue weighted by Crippen LogP contribution is 2.17. The Hall–Kier alpha value is -4.19. The summed E-state index contributed by atoms with van der Waals surface area (Å²) < 4.78 is 16.8. The molecule has 0 aliphatic carbocycles. The first kappa shape index (κ1) is 75.8. The van der Waals surface area contributed by atoms with Gasteiger partial charge in [-0.15, -0.1) is 0 Å². The number of unbranched alkanes of at least 4 members (excludes halogenated alkanes) is 29. The lowest BCUT2D eigenvalue weighted by atomic mass is 10.0. The molecule has 0 aromatic heterocycles. The second-order valence-corrected chi connectivity index (χ2v) is 22.0. The van der Waals surface area contributed by atoms with E-state index in [4.69, 9.17) is 14.2 Å². The minimum Gasteiger partial charge on any atom is -0.462 e. The molecule has 0 aromatic rings. The molecule has 0 heterocycles. The van der Waals surface area contributed by atoms with E-state index in [1.165, 1.54) is 161 Å². The molecule has 0 saturated carbocycles. The molecule has 0 saturated heterocycles. The quantitative estimate of drug-likeness (QED) is 0.0261. The third-order valence-electron chi connectivity index (χ3n) is 14.2. The molecule has 6 heteroatoms. The second kappa shape index (κ2) is 67.3. The number of hydrogen-bond acceptors (Lipinski definition) is 6. The molecular formula is C74H124O6. The van der Waals surface area contributed by atoms with Gasteiger partial charge in [-0.05, 0) is 96.3 Å². The minimum atomic E-state index is -0.839. The highest BCUT2D eigenvalue weighted by Gasteiger charge is 2.19. The highest BCUT2D eigenvalue weighted by atomic mass is 16.6. The van der Waals surface area contributed by atoms with Crippen LogP contribution in [0.15, 0.2) is 122 Å². The smallest absolute Gasteiger partial charge is 0.306 e. The molecule has 80 heavy (non-hydrogen) atoms. The molecule has 0 spiro atoms. The van der Waals surface area contributed by atoms with Crippen molar-refractivity contribution in [3.8, 4) is 0 Å². The fourth-order valence-corrected chi connectivity index (χ4v) is 9.29. The number of ether oxygens (including phenoxy) is 3. The molecule has 0 N–H and O–H groups in total. The van der Waals surface area contributed by atoms with Crippen LogP contribution in [-0.4, -0.2) is 37.2 Å². The Labute approximate surface area is 494 Å². The number of allylic oxidation sites excluding steroid dienone is 20. The third-order valence-corrected chi connectivity index (χ3v) is 14.2. The number of carbonyl (C=O) groups excluding carboxylic acids is 3. The van der Waals surface area contributed by atoms with Crippen molar-refractivity contribution < 1.29 is 28.6 Å². The summed E-state index contributed by atoms with van der Waals surface area (Å²) in [5, 5.41) is 0. The second-order valence-electron chi connectivity index (χ2n) is 22.0. The first-order valence-corrected chi connectivity index (χ1v) is 33.5. The summed E-state index contributed by atoms with van der Waals surface area (Å²) >= 11 is 0. The molecule has 1 atom stereocenters. The van der Waals surface area contributed by atoms with Crippen LogP contribution in [0.2, 0.25) is 0 Å². The van der Waals surface area contributed by atoms with E-state index in [-0.39, 0.29) is 38.0 Å². The lowest BCUT2D eigenvalue weighted by Gasteiger charge is -2.18. The van der Waals surface area contributed by atoms with E-state index in [9.17, 15) is 14.4 Å². The van der Waals surface area contributed by atoms with E-state index in [1.54, 1.807) is 0 Å². The summed E-state index contributed by atoms with van der Waals surface area (Å²) in [4.78, 5) is 38.3. The van der Waals surface area contributed by atoms with Crippen LogP contribution < -0.4 is 0 Å². The van der Waals surface area contributed by atoms with Gasteiger partial charge in [0.2, 0.25) is 0 Å². The van der Waals surface area contributed by atoms with E-state index in [0.29, 0.717) is 19.3 Å². The third kappa shape index (κ3) is 64.6. The SMILES string of the molecule is CC/C=C\C/C=C\C/C=C\C/C=C\C/C=C\C/C=C\CCC(=O)OC(COC(=O)CCCC/C=C\C/C=C\C/C=C\C/C=C\CC)COC(=O)CCCCCCCCCCCCCCCCCCCCCCCCCCCCCC. The average molecular weight is 1110 g/mol. The molecule has 1 unspecified atom stereocenters. The Morgan fingerprint density at radius 3 is 0.812 bits per heavy atom. The van der Waals surface area contributed by atoms with Gasteiger partial charge in [0.15, 0.2) is 6.10 Å². The first-order chi connectivity index (χ1) is 39.5. The lowest BCUT2D eigenvalue weighted by Crippen LogP contribution is -2.30. The van der Waals surface area contributed by atoms with Crippen LogP contribution in [0.1, 0.15) is 310 Å². The van der Waals surface area contributed by atoms with Gasteiger partial charge in [0.25, 0.3) is 0 Å². The molecule has 0 rings (SSSR count). The monoisotopic (exact) mass is 1110 g/mol. The Balaban J connectivity index is 4.38. The van der Waals surface area contributed by atoms with Gasteiger partial charge in [0.05, 0.1) is 0 Å². The summed E-state index contributed by atoms with van der Waals surface area (Å²) in [5.41, 5.74) is 0. The lowest BCUT2D eigenvalue weighted by molar-refractivity contribution is -0.166. The van der Waals surface area contributed by atoms with E-state index in [2.05, 4.69) is 130 Å². The van der Waals surface area contributed by atoms with Gasteiger partial charge >= 0.3 is 17.9 Å². The van der Waals surface area contributed by atoms with Gasteiger partial charge < -0.3 is 14.2 Å². The maximum absolute atomic E-state index is 12.9. The van der Waals surface area contributed by atoms with Crippen LogP contribution in [-0.2, 0) is 28.6 Å². The molecule has 0 fully saturated rings. The van der Waals surface area contributed by atoms with Crippen LogP contribution in [0, 0.1) is 0 Å². The zero-order valence-electron chi connectivity index (χ0n) is 52.3. The van der Waals surface area contributed by atoms with Gasteiger partial charge in [-0.1, -0.05) is 316 Å². The van der Waals surface area contributed by atoms with Crippen LogP contribution in [0.3, 0.4) is 0 Å². The number of hydrogen-bond donors (Lipinski definition) is 0. The molecule has 0 aliphatic heterocycles. The topological polar surface area (TPSA) is 78.9 Å². The van der Waals surface area contributed by atoms with E-state index in [0.717, 1.165) is 96.3 Å². The maximum atomic E-state index is 12.9. The first-order valence-electron chi connectivity index (χ1n) is 33.5. The molecule has 456 valence electrons. The van der Waals surface area contributed by atoms with Crippen molar-refractivity contribution in [2.45, 2.75) is 316 Å². The van der Waals surface area contributed by atoms with Crippen molar-refractivity contribution in [1.29, 1.82) is 0 Å². The predicted molar refractivity (Wildman–Crippen MR) is 348 cm³/mol. The fourth-order valence-electron chi connectivity index (χ4n) is 9.29. The molecule has 0 radical (unpaired) electrons. The Bertz CT molecular complexity index is 1650. The van der Waals surface area contributed by atoms with Crippen LogP contribution in [0.25, 0.3) is 0 Å². The Morgan fingerprint density at radius 2 is 0.512 bits per heavy atom. The zero-order chi connectivity index (χ0) is 57.8. The molecule has 0 aromatic carbocycles. The summed E-state index contributed by atoms with van der Waals surface area (Å²) in [5.74, 6) is -1.04. The van der Waals surface area contributed by atoms with E-state index >= 15 is 0 Å². The fraction of sp³-hybridized carbons (Fsp3) is 0.689. The van der Waals surface area contributed by atoms with Crippen molar-refractivity contribution in [3.05, 3.63) is 122 Å². The van der Waals surface area contributed by atoms with Crippen molar-refractivity contribution in [2.75, 3.05) is 13.2 Å². The van der Waals surface area contributed by atoms with Crippen LogP contribution in [0.4, 0.5) is 0 Å². The van der Waals surface area contributed by atoms with Crippen molar-refractivity contribution in [2.24, 2.45) is 0 Å². The molecule has 0 bridgehead atoms. The standard InChI is InChI=1S/C74H124O6/c1-4-7-10-13-16-19-22-25-28-30-32-33-34-35-36-37-38-39-40-42-43-46-49-52-55-58-61-64-67-73(76)79-70-71(69-78-72(75)66-63-60-57-54-51-48-45-27-24-21-18-15-12-9-6-3)80-74(77)68-65-62-59-56-53-50-47-44-41-31-29-26-23-20-17-14-11-8-5-2/h8-9,11-12,17-18,20-21,26-27,29,41,44-45,50-51,53-54,59,62,71H,4-7,10,13-16,19,22-25,28,30-40,42-43,46-49,52,55-58,60-61,63-70H2,1-3H3/b11-8-,12-9-,20-17-,21-18-,29-26-,44-41-,45-27-,53-50-,54-51-,62-59-. The van der Waals surface area contributed by atoms with Gasteiger partial charge in [-0.25, -0.2) is 0 Å². The van der Waals surface area contributed by atoms with Crippen molar-refractivity contribution >= 4 is 17.9 Å². The zero-order valence-corrected chi connectivity index (χ0v) is 52.3. The van der Waals surface area contributed by atoms with Crippen molar-refractivity contribution in [1.82, 2.24) is 0 Å². The van der Waals surface area contributed by atoms with Crippen LogP contribution >= 0.6 is 0 Å². The van der Waals surface area contributed by atoms with Crippen LogP contribution in [0.5, 0.6) is 0 Å². The van der Waals surface area contributed by atoms with Gasteiger partial charge in [-0.3, -0.25) is 14.4 Å². The van der Waals surface area contributed by atoms with Gasteiger partial charge in [0, 0.05) is 19.3 Å². The summed E-state index contributed by atoms with van der Waals surface area (Å²) in [6.45, 7) is 6.34. The summed E-state index contributed by atoms with van der Waals surface area (Å²) in [6, 6.07) is 0. The Morgan fingerprint density at radius 1 is 0.263 bits per heavy atom. The summed E-state index contributed by atoms with van der Waals surface area (Å²) in [6.07, 6.45) is 93.9. The van der Waals surface area contributed by atoms with Gasteiger partial charge in [0.1, 0.15) is 13.2 Å². The van der Waals surface area contributed by atoms with E-state index in [1.807, 2.05) is 12.2 Å². The number of esters is 3. The molecule has 6 nitrogen and oxygen atoms in total. The highest BCUT2D eigenvalue weighted by molar-refractivity contribution is 5.71. The largest absolute Gasteiger partial charge is 0.462 e. The van der Waals surface area contributed by atoms with Crippen molar-refractivity contribution in [3.63, 3.8) is 0 Å². The number of carbonyl (C=O) groups is 3. The number of rotatable bonds is 60. The molecule has 0 amide bonds. The molecular weight excluding hydrogens is 985 g/mol. The normalized spacial score (nSPS) is 12.9. The predicted octanol–water partition coefficient (Wildman–Crippen LogP) is 23.2. The maximum Gasteiger partial charge on any atom is 0.306 e. The van der Waals surface area contributed by atoms with Gasteiger partial charge in [-0.2, -0.15) is 0 Å². The average Bonchev–Trinajstić information content (AvgIpc) is 3.46. The minimum absolute atomic E-state index is 0.122.